The number of nitrogens with zero attached hydrogens (tertiary/aromatic N) is 2. The van der Waals surface area contributed by atoms with Crippen molar-refractivity contribution < 1.29 is 9.59 Å². The maximum Gasteiger partial charge on any atom is 0.245 e. The molecule has 0 aliphatic carbocycles. The Morgan fingerprint density at radius 3 is 2.52 bits per heavy atom. The molecule has 1 saturated heterocycles. The lowest BCUT2D eigenvalue weighted by Gasteiger charge is -2.39. The smallest absolute Gasteiger partial charge is 0.245 e. The summed E-state index contributed by atoms with van der Waals surface area (Å²) < 4.78 is 0. The van der Waals surface area contributed by atoms with Gasteiger partial charge in [-0.3, -0.25) is 9.59 Å². The molecule has 1 heterocycles. The average molecular weight is 288 g/mol. The summed E-state index contributed by atoms with van der Waals surface area (Å²) in [5, 5.41) is 0. The molecule has 0 aromatic heterocycles. The fourth-order valence-corrected chi connectivity index (χ4v) is 2.78. The number of carbonyl (C=O) groups excluding carboxylic acids is 2. The molecule has 4 heteroatoms. The molecule has 1 aliphatic rings. The molecule has 0 saturated carbocycles. The number of hydrogen-bond acceptors (Lipinski definition) is 2. The van der Waals surface area contributed by atoms with Gasteiger partial charge in [-0.1, -0.05) is 50.1 Å². The highest BCUT2D eigenvalue weighted by atomic mass is 16.2. The van der Waals surface area contributed by atoms with Crippen molar-refractivity contribution in [2.24, 2.45) is 0 Å². The minimum absolute atomic E-state index is 0.0509. The molecular formula is C17H24N2O2. The van der Waals surface area contributed by atoms with Crippen LogP contribution >= 0.6 is 0 Å². The average Bonchev–Trinajstić information content (AvgIpc) is 2.49. The van der Waals surface area contributed by atoms with Gasteiger partial charge >= 0.3 is 0 Å². The summed E-state index contributed by atoms with van der Waals surface area (Å²) in [5.74, 6) is 0.115. The summed E-state index contributed by atoms with van der Waals surface area (Å²) in [5.41, 5.74) is 1.10. The molecule has 1 aromatic carbocycles. The van der Waals surface area contributed by atoms with Crippen LogP contribution in [0.1, 0.15) is 31.7 Å². The molecule has 4 nitrogen and oxygen atoms in total. The van der Waals surface area contributed by atoms with Crippen LogP contribution in [0.2, 0.25) is 0 Å². The van der Waals surface area contributed by atoms with Crippen molar-refractivity contribution in [1.29, 1.82) is 0 Å². The highest BCUT2D eigenvalue weighted by Crippen LogP contribution is 2.17. The van der Waals surface area contributed by atoms with E-state index >= 15 is 0 Å². The summed E-state index contributed by atoms with van der Waals surface area (Å²) in [6.45, 7) is 3.03. The van der Waals surface area contributed by atoms with Crippen LogP contribution in [0.25, 0.3) is 0 Å². The summed E-state index contributed by atoms with van der Waals surface area (Å²) in [6, 6.07) is 9.57. The first-order valence-corrected chi connectivity index (χ1v) is 7.72. The monoisotopic (exact) mass is 288 g/mol. The number of amides is 2. The van der Waals surface area contributed by atoms with Crippen molar-refractivity contribution in [3.8, 4) is 0 Å². The van der Waals surface area contributed by atoms with Gasteiger partial charge in [-0.2, -0.15) is 0 Å². The second-order valence-corrected chi connectivity index (χ2v) is 5.69. The summed E-state index contributed by atoms with van der Waals surface area (Å²) >= 11 is 0. The van der Waals surface area contributed by atoms with E-state index < -0.39 is 0 Å². The van der Waals surface area contributed by atoms with Gasteiger partial charge in [0.2, 0.25) is 11.8 Å². The van der Waals surface area contributed by atoms with Gasteiger partial charge in [0, 0.05) is 20.0 Å². The zero-order valence-corrected chi connectivity index (χ0v) is 12.9. The van der Waals surface area contributed by atoms with E-state index in [1.54, 1.807) is 16.8 Å². The van der Waals surface area contributed by atoms with Crippen molar-refractivity contribution >= 4 is 11.8 Å². The van der Waals surface area contributed by atoms with Gasteiger partial charge < -0.3 is 9.80 Å². The van der Waals surface area contributed by atoms with Gasteiger partial charge in [-0.25, -0.2) is 0 Å². The number of rotatable bonds is 6. The van der Waals surface area contributed by atoms with E-state index in [0.717, 1.165) is 24.8 Å². The molecule has 21 heavy (non-hydrogen) atoms. The summed E-state index contributed by atoms with van der Waals surface area (Å²) in [4.78, 5) is 28.1. The number of hydrogen-bond donors (Lipinski definition) is 0. The van der Waals surface area contributed by atoms with E-state index in [2.05, 4.69) is 6.92 Å². The highest BCUT2D eigenvalue weighted by Gasteiger charge is 2.37. The summed E-state index contributed by atoms with van der Waals surface area (Å²) in [6.07, 6.45) is 3.76. The zero-order chi connectivity index (χ0) is 15.2. The lowest BCUT2D eigenvalue weighted by atomic mass is 10.0. The molecular weight excluding hydrogens is 264 g/mol. The van der Waals surface area contributed by atoms with Crippen molar-refractivity contribution in [2.75, 3.05) is 20.1 Å². The van der Waals surface area contributed by atoms with Crippen LogP contribution in [0.5, 0.6) is 0 Å². The van der Waals surface area contributed by atoms with Crippen molar-refractivity contribution in [3.05, 3.63) is 35.9 Å². The molecule has 1 atom stereocenters. The van der Waals surface area contributed by atoms with E-state index in [1.807, 2.05) is 30.3 Å². The number of likely N-dealkylation sites (N-methyl/N-ethyl adjacent to an activating group) is 1. The Labute approximate surface area is 126 Å². The quantitative estimate of drug-likeness (QED) is 0.752. The highest BCUT2D eigenvalue weighted by molar-refractivity contribution is 5.94. The Bertz CT molecular complexity index is 487. The van der Waals surface area contributed by atoms with Crippen LogP contribution in [-0.2, 0) is 16.0 Å². The molecule has 2 amide bonds. The van der Waals surface area contributed by atoms with Gasteiger partial charge in [0.15, 0.2) is 0 Å². The maximum atomic E-state index is 12.5. The van der Waals surface area contributed by atoms with Crippen LogP contribution < -0.4 is 0 Å². The van der Waals surface area contributed by atoms with Crippen LogP contribution in [0.15, 0.2) is 30.3 Å². The van der Waals surface area contributed by atoms with Crippen LogP contribution in [0.4, 0.5) is 0 Å². The standard InChI is InChI=1S/C17H24N2O2/c1-3-4-8-11-19-15(12-14-9-6-5-7-10-14)17(21)18(2)13-16(19)20/h5-7,9-10,15H,3-4,8,11-13H2,1-2H3/t15-/m0/s1. The number of carbonyl (C=O) groups is 2. The third-order valence-corrected chi connectivity index (χ3v) is 4.00. The van der Waals surface area contributed by atoms with E-state index in [0.29, 0.717) is 13.0 Å². The van der Waals surface area contributed by atoms with Gasteiger partial charge in [-0.05, 0) is 12.0 Å². The Morgan fingerprint density at radius 1 is 1.14 bits per heavy atom. The SMILES string of the molecule is CCCCCN1C(=O)CN(C)C(=O)[C@@H]1Cc1ccccc1. The molecule has 1 aliphatic heterocycles. The molecule has 0 spiro atoms. The van der Waals surface area contributed by atoms with Crippen LogP contribution in [-0.4, -0.2) is 47.8 Å². The predicted octanol–water partition coefficient (Wildman–Crippen LogP) is 2.09. The Balaban J connectivity index is 2.13. The summed E-state index contributed by atoms with van der Waals surface area (Å²) in [7, 11) is 1.71. The second kappa shape index (κ2) is 7.25. The van der Waals surface area contributed by atoms with Gasteiger partial charge in [0.25, 0.3) is 0 Å². The lowest BCUT2D eigenvalue weighted by molar-refractivity contribution is -0.154. The Hall–Kier alpha value is -1.84. The first-order valence-electron chi connectivity index (χ1n) is 7.72. The fourth-order valence-electron chi connectivity index (χ4n) is 2.78. The van der Waals surface area contributed by atoms with Crippen molar-refractivity contribution in [1.82, 2.24) is 9.80 Å². The zero-order valence-electron chi connectivity index (χ0n) is 12.9. The maximum absolute atomic E-state index is 12.5. The lowest BCUT2D eigenvalue weighted by Crippen LogP contribution is -2.59. The van der Waals surface area contributed by atoms with E-state index in [-0.39, 0.29) is 24.4 Å². The molecule has 0 bridgehead atoms. The third kappa shape index (κ3) is 3.84. The molecule has 1 fully saturated rings. The molecule has 2 rings (SSSR count). The number of benzene rings is 1. The second-order valence-electron chi connectivity index (χ2n) is 5.69. The molecule has 0 radical (unpaired) electrons. The predicted molar refractivity (Wildman–Crippen MR) is 82.8 cm³/mol. The van der Waals surface area contributed by atoms with Gasteiger partial charge in [0.1, 0.15) is 6.04 Å². The van der Waals surface area contributed by atoms with E-state index in [1.165, 1.54) is 0 Å². The molecule has 0 N–H and O–H groups in total. The number of piperazine rings is 1. The first-order chi connectivity index (χ1) is 10.1. The third-order valence-electron chi connectivity index (χ3n) is 4.00. The van der Waals surface area contributed by atoms with E-state index in [9.17, 15) is 9.59 Å². The number of unbranched alkanes of at least 4 members (excludes halogenated alkanes) is 2. The van der Waals surface area contributed by atoms with Crippen molar-refractivity contribution in [3.63, 3.8) is 0 Å². The molecule has 0 unspecified atom stereocenters. The minimum Gasteiger partial charge on any atom is -0.335 e. The van der Waals surface area contributed by atoms with Crippen LogP contribution in [0, 0.1) is 0 Å². The molecule has 114 valence electrons. The molecule has 1 aromatic rings. The van der Waals surface area contributed by atoms with Gasteiger partial charge in [-0.15, -0.1) is 0 Å². The largest absolute Gasteiger partial charge is 0.335 e. The fraction of sp³-hybridized carbons (Fsp3) is 0.529. The normalized spacial score (nSPS) is 19.2. The van der Waals surface area contributed by atoms with Crippen LogP contribution in [0.3, 0.4) is 0 Å². The first kappa shape index (κ1) is 15.5. The topological polar surface area (TPSA) is 40.6 Å². The van der Waals surface area contributed by atoms with E-state index in [4.69, 9.17) is 0 Å². The van der Waals surface area contributed by atoms with Gasteiger partial charge in [0.05, 0.1) is 6.54 Å². The van der Waals surface area contributed by atoms with Crippen molar-refractivity contribution in [2.45, 2.75) is 38.6 Å². The minimum atomic E-state index is -0.351. The Kier molecular flexibility index (Phi) is 5.37. The Morgan fingerprint density at radius 2 is 1.86 bits per heavy atom.